The summed E-state index contributed by atoms with van der Waals surface area (Å²) >= 11 is 0. The number of fused-ring (bicyclic) bond motifs is 2. The van der Waals surface area contributed by atoms with Gasteiger partial charge in [0, 0.05) is 25.3 Å². The van der Waals surface area contributed by atoms with E-state index >= 15 is 0 Å². The summed E-state index contributed by atoms with van der Waals surface area (Å²) in [5.41, 5.74) is -0.769. The molecule has 0 N–H and O–H groups in total. The topological polar surface area (TPSA) is 90.0 Å². The van der Waals surface area contributed by atoms with Crippen molar-refractivity contribution in [2.75, 3.05) is 11.5 Å². The number of esters is 1. The number of imide groups is 1. The summed E-state index contributed by atoms with van der Waals surface area (Å²) in [6.07, 6.45) is 1.35. The largest absolute Gasteiger partial charge is 0.475 e. The number of ether oxygens (including phenoxy) is 2. The lowest BCUT2D eigenvalue weighted by Crippen LogP contribution is -2.49. The third-order valence-corrected chi connectivity index (χ3v) is 5.29. The Labute approximate surface area is 155 Å². The molecule has 2 unspecified atom stereocenters. The van der Waals surface area contributed by atoms with Crippen molar-refractivity contribution in [3.8, 4) is 0 Å². The first-order valence-electron chi connectivity index (χ1n) is 9.00. The maximum absolute atomic E-state index is 13.4. The number of ketones is 1. The fourth-order valence-electron chi connectivity index (χ4n) is 4.29. The standard InChI is InChI=1S/C20H19NO6/c1-3-26-18(24)17-16-14(23)9-6-10-15(16)27-20(17)12-7-4-5-8-13(12)21(11(2)22)19(20)25/h4-5,7-8,17H,3,6,9-10H2,1-2H3. The Bertz CT molecular complexity index is 917. The van der Waals surface area contributed by atoms with E-state index in [0.717, 1.165) is 4.90 Å². The van der Waals surface area contributed by atoms with Crippen LogP contribution >= 0.6 is 0 Å². The van der Waals surface area contributed by atoms with Gasteiger partial charge in [-0.2, -0.15) is 0 Å². The molecule has 1 aliphatic carbocycles. The van der Waals surface area contributed by atoms with Crippen LogP contribution in [0, 0.1) is 5.92 Å². The Morgan fingerprint density at radius 3 is 2.70 bits per heavy atom. The lowest BCUT2D eigenvalue weighted by atomic mass is 9.76. The second-order valence-corrected chi connectivity index (χ2v) is 6.81. The van der Waals surface area contributed by atoms with Gasteiger partial charge in [0.2, 0.25) is 11.5 Å². The van der Waals surface area contributed by atoms with E-state index in [-0.39, 0.29) is 18.0 Å². The Kier molecular flexibility index (Phi) is 3.91. The van der Waals surface area contributed by atoms with Crippen LogP contribution in [0.4, 0.5) is 5.69 Å². The third-order valence-electron chi connectivity index (χ3n) is 5.29. The van der Waals surface area contributed by atoms with Crippen LogP contribution in [0.15, 0.2) is 35.6 Å². The fraction of sp³-hybridized carbons (Fsp3) is 0.400. The van der Waals surface area contributed by atoms with E-state index < -0.39 is 29.3 Å². The smallest absolute Gasteiger partial charge is 0.318 e. The predicted octanol–water partition coefficient (Wildman–Crippen LogP) is 1.99. The third kappa shape index (κ3) is 2.20. The van der Waals surface area contributed by atoms with E-state index in [9.17, 15) is 19.2 Å². The van der Waals surface area contributed by atoms with Crippen molar-refractivity contribution < 1.29 is 28.7 Å². The molecule has 2 amide bonds. The van der Waals surface area contributed by atoms with Gasteiger partial charge in [0.05, 0.1) is 17.9 Å². The van der Waals surface area contributed by atoms with Crippen LogP contribution in [-0.4, -0.2) is 30.2 Å². The van der Waals surface area contributed by atoms with E-state index in [4.69, 9.17) is 9.47 Å². The van der Waals surface area contributed by atoms with Crippen LogP contribution in [0.2, 0.25) is 0 Å². The van der Waals surface area contributed by atoms with E-state index in [1.54, 1.807) is 31.2 Å². The molecule has 0 bridgehead atoms. The number of para-hydroxylation sites is 1. The fourth-order valence-corrected chi connectivity index (χ4v) is 4.29. The van der Waals surface area contributed by atoms with Gasteiger partial charge in [-0.15, -0.1) is 0 Å². The monoisotopic (exact) mass is 369 g/mol. The molecule has 0 aromatic heterocycles. The molecule has 140 valence electrons. The molecular formula is C20H19NO6. The number of anilines is 1. The number of rotatable bonds is 2. The molecule has 27 heavy (non-hydrogen) atoms. The van der Waals surface area contributed by atoms with Crippen LogP contribution in [0.3, 0.4) is 0 Å². The summed E-state index contributed by atoms with van der Waals surface area (Å²) < 4.78 is 11.3. The lowest BCUT2D eigenvalue weighted by Gasteiger charge is -2.29. The first-order chi connectivity index (χ1) is 12.9. The molecule has 0 radical (unpaired) electrons. The number of carbonyl (C=O) groups is 4. The second-order valence-electron chi connectivity index (χ2n) is 6.81. The van der Waals surface area contributed by atoms with Gasteiger partial charge in [0.25, 0.3) is 5.91 Å². The molecule has 0 saturated heterocycles. The molecular weight excluding hydrogens is 350 g/mol. The van der Waals surface area contributed by atoms with Gasteiger partial charge in [-0.1, -0.05) is 18.2 Å². The van der Waals surface area contributed by atoms with E-state index in [0.29, 0.717) is 36.3 Å². The molecule has 2 heterocycles. The first kappa shape index (κ1) is 17.5. The van der Waals surface area contributed by atoms with Crippen LogP contribution in [-0.2, 0) is 34.3 Å². The zero-order chi connectivity index (χ0) is 19.3. The van der Waals surface area contributed by atoms with Gasteiger partial charge < -0.3 is 9.47 Å². The van der Waals surface area contributed by atoms with Gasteiger partial charge in [-0.25, -0.2) is 4.90 Å². The minimum absolute atomic E-state index is 0.106. The SMILES string of the molecule is CCOC(=O)C1C2=C(CCCC2=O)OC12C(=O)N(C(C)=O)c1ccccc12. The molecule has 1 spiro atoms. The quantitative estimate of drug-likeness (QED) is 0.741. The van der Waals surface area contributed by atoms with Gasteiger partial charge in [0.1, 0.15) is 11.7 Å². The summed E-state index contributed by atoms with van der Waals surface area (Å²) in [6, 6.07) is 6.70. The highest BCUT2D eigenvalue weighted by molar-refractivity contribution is 6.24. The number of hydrogen-bond donors (Lipinski definition) is 0. The zero-order valence-electron chi connectivity index (χ0n) is 15.1. The van der Waals surface area contributed by atoms with Crippen molar-refractivity contribution in [2.24, 2.45) is 5.92 Å². The summed E-state index contributed by atoms with van der Waals surface area (Å²) in [6.45, 7) is 3.04. The average molecular weight is 369 g/mol. The van der Waals surface area contributed by atoms with E-state index in [1.807, 2.05) is 0 Å². The number of benzene rings is 1. The highest BCUT2D eigenvalue weighted by atomic mass is 16.5. The highest BCUT2D eigenvalue weighted by Crippen LogP contribution is 2.56. The van der Waals surface area contributed by atoms with Crippen LogP contribution in [0.25, 0.3) is 0 Å². The normalized spacial score (nSPS) is 26.1. The second kappa shape index (κ2) is 6.04. The summed E-state index contributed by atoms with van der Waals surface area (Å²) in [7, 11) is 0. The zero-order valence-corrected chi connectivity index (χ0v) is 15.1. The Morgan fingerprint density at radius 1 is 1.26 bits per heavy atom. The minimum atomic E-state index is -1.76. The summed E-state index contributed by atoms with van der Waals surface area (Å²) in [5, 5.41) is 0. The number of carbonyl (C=O) groups excluding carboxylic acids is 4. The van der Waals surface area contributed by atoms with Gasteiger partial charge in [-0.3, -0.25) is 19.2 Å². The van der Waals surface area contributed by atoms with Gasteiger partial charge >= 0.3 is 5.97 Å². The van der Waals surface area contributed by atoms with E-state index in [2.05, 4.69) is 0 Å². The number of amides is 2. The highest BCUT2D eigenvalue weighted by Gasteiger charge is 2.67. The molecule has 7 nitrogen and oxygen atoms in total. The molecule has 4 rings (SSSR count). The number of nitrogens with zero attached hydrogens (tertiary/aromatic N) is 1. The maximum atomic E-state index is 13.4. The molecule has 0 fully saturated rings. The van der Waals surface area contributed by atoms with Crippen LogP contribution in [0.1, 0.15) is 38.7 Å². The van der Waals surface area contributed by atoms with E-state index in [1.165, 1.54) is 6.92 Å². The Hall–Kier alpha value is -2.96. The van der Waals surface area contributed by atoms with Crippen molar-refractivity contribution in [3.05, 3.63) is 41.2 Å². The van der Waals surface area contributed by atoms with Gasteiger partial charge in [0.15, 0.2) is 5.78 Å². The van der Waals surface area contributed by atoms with Crippen molar-refractivity contribution in [2.45, 2.75) is 38.7 Å². The number of Topliss-reactive ketones (excluding diaryl/α,β-unsaturated/α-hetero) is 1. The Balaban J connectivity index is 1.96. The molecule has 2 aliphatic heterocycles. The van der Waals surface area contributed by atoms with Crippen LogP contribution < -0.4 is 4.90 Å². The first-order valence-corrected chi connectivity index (χ1v) is 9.00. The van der Waals surface area contributed by atoms with Crippen molar-refractivity contribution in [1.29, 1.82) is 0 Å². The molecule has 7 heteroatoms. The van der Waals surface area contributed by atoms with Crippen molar-refractivity contribution >= 4 is 29.3 Å². The number of hydrogen-bond acceptors (Lipinski definition) is 6. The average Bonchev–Trinajstić information content (AvgIpc) is 3.10. The molecule has 1 aromatic rings. The van der Waals surface area contributed by atoms with Crippen molar-refractivity contribution in [1.82, 2.24) is 0 Å². The van der Waals surface area contributed by atoms with Gasteiger partial charge in [-0.05, 0) is 19.4 Å². The predicted molar refractivity (Wildman–Crippen MR) is 93.4 cm³/mol. The minimum Gasteiger partial charge on any atom is -0.475 e. The molecule has 0 saturated carbocycles. The van der Waals surface area contributed by atoms with Crippen molar-refractivity contribution in [3.63, 3.8) is 0 Å². The lowest BCUT2D eigenvalue weighted by molar-refractivity contribution is -0.161. The molecule has 1 aromatic carbocycles. The maximum Gasteiger partial charge on any atom is 0.318 e. The molecule has 2 atom stereocenters. The Morgan fingerprint density at radius 2 is 2.00 bits per heavy atom. The summed E-state index contributed by atoms with van der Waals surface area (Å²) in [5.74, 6) is -2.89. The number of allylic oxidation sites excluding steroid dienone is 1. The molecule has 3 aliphatic rings. The van der Waals surface area contributed by atoms with Crippen LogP contribution in [0.5, 0.6) is 0 Å². The summed E-state index contributed by atoms with van der Waals surface area (Å²) in [4.78, 5) is 52.2.